The largest absolute Gasteiger partial charge is 0.347 e. The van der Waals surface area contributed by atoms with Crippen LogP contribution in [-0.2, 0) is 16.0 Å². The Morgan fingerprint density at radius 3 is 2.28 bits per heavy atom. The van der Waals surface area contributed by atoms with E-state index in [2.05, 4.69) is 19.2 Å². The van der Waals surface area contributed by atoms with Crippen molar-refractivity contribution in [1.29, 1.82) is 0 Å². The van der Waals surface area contributed by atoms with E-state index in [1.807, 2.05) is 30.3 Å². The summed E-state index contributed by atoms with van der Waals surface area (Å²) in [5.41, 5.74) is 1.000. The zero-order chi connectivity index (χ0) is 21.8. The van der Waals surface area contributed by atoms with Crippen molar-refractivity contribution >= 4 is 28.8 Å². The summed E-state index contributed by atoms with van der Waals surface area (Å²) < 4.78 is 0. The van der Waals surface area contributed by atoms with E-state index in [1.54, 1.807) is 25.9 Å². The van der Waals surface area contributed by atoms with E-state index in [1.165, 1.54) is 16.7 Å². The van der Waals surface area contributed by atoms with Gasteiger partial charge >= 0.3 is 6.03 Å². The number of urea groups is 1. The summed E-state index contributed by atoms with van der Waals surface area (Å²) in [7, 11) is 3.39. The third-order valence-electron chi connectivity index (χ3n) is 4.46. The average Bonchev–Trinajstić information content (AvgIpc) is 2.66. The lowest BCUT2D eigenvalue weighted by Gasteiger charge is -2.28. The number of rotatable bonds is 11. The lowest BCUT2D eigenvalue weighted by atomic mass is 10.1. The third-order valence-corrected chi connectivity index (χ3v) is 5.36. The number of nitrogens with one attached hydrogen (secondary N) is 1. The van der Waals surface area contributed by atoms with E-state index in [4.69, 9.17) is 0 Å². The van der Waals surface area contributed by atoms with Crippen molar-refractivity contribution in [3.05, 3.63) is 35.9 Å². The quantitative estimate of drug-likeness (QED) is 0.556. The van der Waals surface area contributed by atoms with Crippen LogP contribution in [0.1, 0.15) is 39.2 Å². The van der Waals surface area contributed by atoms with E-state index in [-0.39, 0.29) is 17.1 Å². The van der Waals surface area contributed by atoms with E-state index in [0.717, 1.165) is 18.4 Å². The monoisotopic (exact) mass is 421 g/mol. The van der Waals surface area contributed by atoms with Gasteiger partial charge in [0.2, 0.25) is 5.91 Å². The maximum atomic E-state index is 13.0. The minimum Gasteiger partial charge on any atom is -0.347 e. The van der Waals surface area contributed by atoms with E-state index in [0.29, 0.717) is 31.2 Å². The van der Waals surface area contributed by atoms with Crippen LogP contribution < -0.4 is 5.32 Å². The maximum Gasteiger partial charge on any atom is 0.318 e. The summed E-state index contributed by atoms with van der Waals surface area (Å²) in [5, 5.41) is 3.03. The Balaban J connectivity index is 2.82. The average molecular weight is 422 g/mol. The number of hydrogen-bond donors (Lipinski definition) is 1. The number of nitrogens with zero attached hydrogens (tertiary/aromatic N) is 2. The van der Waals surface area contributed by atoms with Gasteiger partial charge in [-0.1, -0.05) is 55.9 Å². The number of likely N-dealkylation sites (N-methyl/N-ethyl adjacent to an activating group) is 1. The summed E-state index contributed by atoms with van der Waals surface area (Å²) in [6, 6.07) is 8.85. The summed E-state index contributed by atoms with van der Waals surface area (Å²) in [5.74, 6) is 1.03. The number of thioether (sulfide) groups is 1. The van der Waals surface area contributed by atoms with E-state index >= 15 is 0 Å². The molecule has 3 amide bonds. The molecule has 0 aliphatic heterocycles. The first-order valence-electron chi connectivity index (χ1n) is 10.1. The molecule has 0 spiro atoms. The highest BCUT2D eigenvalue weighted by Crippen LogP contribution is 2.10. The van der Waals surface area contributed by atoms with Crippen LogP contribution in [-0.4, -0.2) is 65.8 Å². The van der Waals surface area contributed by atoms with Crippen molar-refractivity contribution in [2.75, 3.05) is 32.9 Å². The second-order valence-electron chi connectivity index (χ2n) is 7.79. The molecule has 1 aromatic rings. The number of carbonyl (C=O) groups excluding carboxylic acids is 3. The summed E-state index contributed by atoms with van der Waals surface area (Å²) >= 11 is 1.28. The molecule has 0 aliphatic rings. The molecule has 1 atom stereocenters. The Bertz CT molecular complexity index is 650. The van der Waals surface area contributed by atoms with Crippen LogP contribution in [0.3, 0.4) is 0 Å². The molecule has 1 N–H and O–H groups in total. The summed E-state index contributed by atoms with van der Waals surface area (Å²) in [6.07, 6.45) is 2.07. The van der Waals surface area contributed by atoms with Gasteiger partial charge in [0.15, 0.2) is 5.12 Å². The lowest BCUT2D eigenvalue weighted by molar-refractivity contribution is -0.130. The molecule has 0 aromatic heterocycles. The highest BCUT2D eigenvalue weighted by molar-refractivity contribution is 8.13. The van der Waals surface area contributed by atoms with E-state index in [9.17, 15) is 14.4 Å². The fraction of sp³-hybridized carbons (Fsp3) is 0.591. The SMILES string of the molecule is CC(=O)SCCCN(CCC(C)C)C(=O)N[C@@H](Cc1ccccc1)C(=O)N(C)C. The number of hydrogen-bond acceptors (Lipinski definition) is 4. The molecular formula is C22H35N3O3S. The van der Waals surface area contributed by atoms with Gasteiger partial charge in [0.1, 0.15) is 6.04 Å². The molecular weight excluding hydrogens is 386 g/mol. The van der Waals surface area contributed by atoms with E-state index < -0.39 is 6.04 Å². The van der Waals surface area contributed by atoms with Crippen LogP contribution in [0.5, 0.6) is 0 Å². The maximum absolute atomic E-state index is 13.0. The zero-order valence-electron chi connectivity index (χ0n) is 18.3. The van der Waals surface area contributed by atoms with Gasteiger partial charge in [0.05, 0.1) is 0 Å². The molecule has 0 radical (unpaired) electrons. The van der Waals surface area contributed by atoms with Gasteiger partial charge in [-0.05, 0) is 24.3 Å². The van der Waals surface area contributed by atoms with Gasteiger partial charge in [0.25, 0.3) is 0 Å². The minimum absolute atomic E-state index is 0.0858. The molecule has 0 bridgehead atoms. The highest BCUT2D eigenvalue weighted by atomic mass is 32.2. The summed E-state index contributed by atoms with van der Waals surface area (Å²) in [4.78, 5) is 40.0. The number of amides is 3. The van der Waals surface area contributed by atoms with Crippen molar-refractivity contribution in [3.8, 4) is 0 Å². The van der Waals surface area contributed by atoms with Crippen LogP contribution in [0.2, 0.25) is 0 Å². The van der Waals surface area contributed by atoms with Crippen LogP contribution in [0, 0.1) is 5.92 Å². The smallest absolute Gasteiger partial charge is 0.318 e. The second-order valence-corrected chi connectivity index (χ2v) is 9.06. The molecule has 0 saturated heterocycles. The molecule has 0 unspecified atom stereocenters. The predicted molar refractivity (Wildman–Crippen MR) is 120 cm³/mol. The molecule has 162 valence electrons. The van der Waals surface area contributed by atoms with Gasteiger partial charge in [-0.3, -0.25) is 9.59 Å². The van der Waals surface area contributed by atoms with Crippen molar-refractivity contribution < 1.29 is 14.4 Å². The summed E-state index contributed by atoms with van der Waals surface area (Å²) in [6.45, 7) is 6.98. The van der Waals surface area contributed by atoms with Crippen molar-refractivity contribution in [3.63, 3.8) is 0 Å². The Morgan fingerprint density at radius 2 is 1.72 bits per heavy atom. The van der Waals surface area contributed by atoms with Gasteiger partial charge < -0.3 is 15.1 Å². The Morgan fingerprint density at radius 1 is 1.07 bits per heavy atom. The van der Waals surface area contributed by atoms with Crippen LogP contribution in [0.25, 0.3) is 0 Å². The molecule has 1 aromatic carbocycles. The van der Waals surface area contributed by atoms with Gasteiger partial charge in [0, 0.05) is 46.3 Å². The Labute approximate surface area is 179 Å². The Kier molecular flexibility index (Phi) is 11.4. The Hall–Kier alpha value is -2.02. The fourth-order valence-corrected chi connectivity index (χ4v) is 3.36. The van der Waals surface area contributed by atoms with Gasteiger partial charge in [-0.25, -0.2) is 4.79 Å². The molecule has 1 rings (SSSR count). The molecule has 0 fully saturated rings. The third kappa shape index (κ3) is 10.4. The van der Waals surface area contributed by atoms with Gasteiger partial charge in [-0.2, -0.15) is 0 Å². The molecule has 6 nitrogen and oxygen atoms in total. The van der Waals surface area contributed by atoms with Crippen LogP contribution in [0.15, 0.2) is 30.3 Å². The topological polar surface area (TPSA) is 69.7 Å². The first-order chi connectivity index (χ1) is 13.7. The lowest BCUT2D eigenvalue weighted by Crippen LogP contribution is -2.52. The standard InChI is InChI=1S/C22H35N3O3S/c1-17(2)12-14-25(13-9-15-29-18(3)26)22(28)23-20(21(27)24(4)5)16-19-10-7-6-8-11-19/h6-8,10-11,17,20H,9,12-16H2,1-5H3,(H,23,28)/t20-/m0/s1. The van der Waals surface area contributed by atoms with Crippen molar-refractivity contribution in [2.24, 2.45) is 5.92 Å². The zero-order valence-corrected chi connectivity index (χ0v) is 19.1. The highest BCUT2D eigenvalue weighted by Gasteiger charge is 2.25. The first kappa shape index (κ1) is 25.0. The van der Waals surface area contributed by atoms with Crippen molar-refractivity contribution in [1.82, 2.24) is 15.1 Å². The number of benzene rings is 1. The number of carbonyl (C=O) groups is 3. The van der Waals surface area contributed by atoms with Gasteiger partial charge in [-0.15, -0.1) is 0 Å². The molecule has 7 heteroatoms. The molecule has 0 saturated carbocycles. The molecule has 29 heavy (non-hydrogen) atoms. The second kappa shape index (κ2) is 13.2. The molecule has 0 aliphatic carbocycles. The minimum atomic E-state index is -0.618. The first-order valence-corrected chi connectivity index (χ1v) is 11.1. The van der Waals surface area contributed by atoms with Crippen LogP contribution in [0.4, 0.5) is 4.79 Å². The predicted octanol–water partition coefficient (Wildman–Crippen LogP) is 3.41. The van der Waals surface area contributed by atoms with Crippen LogP contribution >= 0.6 is 11.8 Å². The molecule has 0 heterocycles. The normalized spacial score (nSPS) is 11.8. The van der Waals surface area contributed by atoms with Crippen molar-refractivity contribution in [2.45, 2.75) is 46.1 Å². The fourth-order valence-electron chi connectivity index (χ4n) is 2.80.